The SMILES string of the molecule is CC(C)n1c(N2CCCC(N(C)C)C2)n[nH]c1=S. The number of aromatic amines is 1. The summed E-state index contributed by atoms with van der Waals surface area (Å²) in [4.78, 5) is 4.65. The molecule has 1 saturated heterocycles. The fraction of sp³-hybridized carbons (Fsp3) is 0.833. The van der Waals surface area contributed by atoms with Gasteiger partial charge in [0.15, 0.2) is 4.77 Å². The number of hydrogen-bond acceptors (Lipinski definition) is 4. The molecule has 1 atom stereocenters. The zero-order valence-electron chi connectivity index (χ0n) is 11.7. The normalized spacial score (nSPS) is 21.0. The van der Waals surface area contributed by atoms with E-state index in [4.69, 9.17) is 12.2 Å². The Morgan fingerprint density at radius 2 is 2.17 bits per heavy atom. The molecule has 5 nitrogen and oxygen atoms in total. The van der Waals surface area contributed by atoms with Gasteiger partial charge in [-0.1, -0.05) is 0 Å². The van der Waals surface area contributed by atoms with Gasteiger partial charge in [0, 0.05) is 25.2 Å². The third kappa shape index (κ3) is 2.59. The largest absolute Gasteiger partial charge is 0.339 e. The number of anilines is 1. The van der Waals surface area contributed by atoms with Crippen molar-refractivity contribution in [2.75, 3.05) is 32.1 Å². The van der Waals surface area contributed by atoms with Crippen molar-refractivity contribution >= 4 is 18.2 Å². The minimum Gasteiger partial charge on any atom is -0.339 e. The summed E-state index contributed by atoms with van der Waals surface area (Å²) in [5, 5.41) is 7.33. The van der Waals surface area contributed by atoms with E-state index >= 15 is 0 Å². The molecule has 1 aliphatic rings. The van der Waals surface area contributed by atoms with Crippen molar-refractivity contribution in [3.8, 4) is 0 Å². The maximum atomic E-state index is 5.31. The molecule has 1 aromatic rings. The molecule has 1 fully saturated rings. The van der Waals surface area contributed by atoms with Gasteiger partial charge < -0.3 is 9.80 Å². The average molecular weight is 269 g/mol. The van der Waals surface area contributed by atoms with E-state index in [0.29, 0.717) is 16.9 Å². The first-order valence-electron chi connectivity index (χ1n) is 6.59. The molecule has 2 heterocycles. The smallest absolute Gasteiger partial charge is 0.226 e. The van der Waals surface area contributed by atoms with Crippen molar-refractivity contribution in [1.29, 1.82) is 0 Å². The number of piperidine rings is 1. The highest BCUT2D eigenvalue weighted by atomic mass is 32.1. The first-order chi connectivity index (χ1) is 8.50. The Morgan fingerprint density at radius 1 is 1.44 bits per heavy atom. The Balaban J connectivity index is 2.23. The monoisotopic (exact) mass is 269 g/mol. The molecule has 18 heavy (non-hydrogen) atoms. The molecular formula is C12H23N5S. The predicted octanol–water partition coefficient (Wildman–Crippen LogP) is 2.05. The fourth-order valence-corrected chi connectivity index (χ4v) is 2.88. The van der Waals surface area contributed by atoms with Gasteiger partial charge >= 0.3 is 0 Å². The maximum absolute atomic E-state index is 5.31. The van der Waals surface area contributed by atoms with Crippen molar-refractivity contribution in [2.24, 2.45) is 0 Å². The number of nitrogens with one attached hydrogen (secondary N) is 1. The predicted molar refractivity (Wildman–Crippen MR) is 76.7 cm³/mol. The third-order valence-electron chi connectivity index (χ3n) is 3.61. The average Bonchev–Trinajstić information content (AvgIpc) is 2.71. The number of hydrogen-bond donors (Lipinski definition) is 1. The summed E-state index contributed by atoms with van der Waals surface area (Å²) in [6.45, 7) is 6.38. The summed E-state index contributed by atoms with van der Waals surface area (Å²) in [5.41, 5.74) is 0. The van der Waals surface area contributed by atoms with Crippen LogP contribution in [0.25, 0.3) is 0 Å². The van der Waals surface area contributed by atoms with E-state index in [9.17, 15) is 0 Å². The molecule has 0 spiro atoms. The van der Waals surface area contributed by atoms with E-state index in [1.165, 1.54) is 12.8 Å². The van der Waals surface area contributed by atoms with Crippen LogP contribution in [-0.2, 0) is 0 Å². The Kier molecular flexibility index (Phi) is 4.07. The highest BCUT2D eigenvalue weighted by molar-refractivity contribution is 7.71. The molecule has 0 saturated carbocycles. The van der Waals surface area contributed by atoms with E-state index in [1.54, 1.807) is 0 Å². The molecule has 1 aromatic heterocycles. The third-order valence-corrected chi connectivity index (χ3v) is 3.90. The lowest BCUT2D eigenvalue weighted by atomic mass is 10.1. The van der Waals surface area contributed by atoms with Crippen LogP contribution in [0.5, 0.6) is 0 Å². The van der Waals surface area contributed by atoms with Gasteiger partial charge in [-0.05, 0) is 53.0 Å². The van der Waals surface area contributed by atoms with E-state index in [-0.39, 0.29) is 0 Å². The summed E-state index contributed by atoms with van der Waals surface area (Å²) in [6.07, 6.45) is 2.47. The number of likely N-dealkylation sites (N-methyl/N-ethyl adjacent to an activating group) is 1. The van der Waals surface area contributed by atoms with Gasteiger partial charge in [0.25, 0.3) is 0 Å². The molecular weight excluding hydrogens is 246 g/mol. The molecule has 102 valence electrons. The summed E-state index contributed by atoms with van der Waals surface area (Å²) in [5.74, 6) is 0.988. The highest BCUT2D eigenvalue weighted by Crippen LogP contribution is 2.22. The molecule has 0 amide bonds. The Labute approximate surface area is 114 Å². The van der Waals surface area contributed by atoms with Gasteiger partial charge in [-0.3, -0.25) is 4.57 Å². The van der Waals surface area contributed by atoms with E-state index < -0.39 is 0 Å². The van der Waals surface area contributed by atoms with Crippen LogP contribution in [0.2, 0.25) is 0 Å². The van der Waals surface area contributed by atoms with E-state index in [2.05, 4.69) is 52.5 Å². The maximum Gasteiger partial charge on any atom is 0.226 e. The zero-order valence-corrected chi connectivity index (χ0v) is 12.5. The van der Waals surface area contributed by atoms with Crippen LogP contribution in [0, 0.1) is 4.77 Å². The second-order valence-electron chi connectivity index (χ2n) is 5.50. The van der Waals surface area contributed by atoms with Crippen LogP contribution < -0.4 is 4.90 Å². The molecule has 0 bridgehead atoms. The lowest BCUT2D eigenvalue weighted by Gasteiger charge is -2.36. The van der Waals surface area contributed by atoms with Gasteiger partial charge in [-0.25, -0.2) is 5.10 Å². The van der Waals surface area contributed by atoms with Crippen molar-refractivity contribution < 1.29 is 0 Å². The molecule has 6 heteroatoms. The second-order valence-corrected chi connectivity index (χ2v) is 5.88. The van der Waals surface area contributed by atoms with Crippen LogP contribution in [0.15, 0.2) is 0 Å². The molecule has 1 N–H and O–H groups in total. The van der Waals surface area contributed by atoms with E-state index in [0.717, 1.165) is 19.0 Å². The van der Waals surface area contributed by atoms with Crippen molar-refractivity contribution in [2.45, 2.75) is 38.8 Å². The highest BCUT2D eigenvalue weighted by Gasteiger charge is 2.25. The molecule has 0 aliphatic carbocycles. The van der Waals surface area contributed by atoms with Gasteiger partial charge in [0.2, 0.25) is 5.95 Å². The quantitative estimate of drug-likeness (QED) is 0.853. The molecule has 1 unspecified atom stereocenters. The summed E-state index contributed by atoms with van der Waals surface area (Å²) < 4.78 is 2.82. The van der Waals surface area contributed by atoms with Crippen LogP contribution in [0.1, 0.15) is 32.7 Å². The number of rotatable bonds is 3. The topological polar surface area (TPSA) is 40.1 Å². The standard InChI is InChI=1S/C12H23N5S/c1-9(2)17-11(13-14-12(17)18)16-7-5-6-10(8-16)15(3)4/h9-10H,5-8H2,1-4H3,(H,14,18). The fourth-order valence-electron chi connectivity index (χ4n) is 2.54. The number of nitrogens with zero attached hydrogens (tertiary/aromatic N) is 4. The lowest BCUT2D eigenvalue weighted by Crippen LogP contribution is -2.46. The van der Waals surface area contributed by atoms with Crippen LogP contribution in [0.3, 0.4) is 0 Å². The first-order valence-corrected chi connectivity index (χ1v) is 6.99. The van der Waals surface area contributed by atoms with Gasteiger partial charge in [-0.2, -0.15) is 0 Å². The second kappa shape index (κ2) is 5.40. The Morgan fingerprint density at radius 3 is 2.78 bits per heavy atom. The molecule has 0 aromatic carbocycles. The van der Waals surface area contributed by atoms with Gasteiger partial charge in [0.1, 0.15) is 0 Å². The zero-order chi connectivity index (χ0) is 13.3. The van der Waals surface area contributed by atoms with Gasteiger partial charge in [0.05, 0.1) is 0 Å². The number of aromatic nitrogens is 3. The summed E-state index contributed by atoms with van der Waals surface area (Å²) in [7, 11) is 4.29. The van der Waals surface area contributed by atoms with Crippen molar-refractivity contribution in [3.05, 3.63) is 4.77 Å². The van der Waals surface area contributed by atoms with E-state index in [1.807, 2.05) is 0 Å². The van der Waals surface area contributed by atoms with Crippen molar-refractivity contribution in [1.82, 2.24) is 19.7 Å². The minimum atomic E-state index is 0.339. The Hall–Kier alpha value is -0.880. The minimum absolute atomic E-state index is 0.339. The van der Waals surface area contributed by atoms with Gasteiger partial charge in [-0.15, -0.1) is 5.10 Å². The Bertz CT molecular complexity index is 448. The first kappa shape index (κ1) is 13.5. The molecule has 2 rings (SSSR count). The molecule has 0 radical (unpaired) electrons. The molecule has 1 aliphatic heterocycles. The van der Waals surface area contributed by atoms with Crippen molar-refractivity contribution in [3.63, 3.8) is 0 Å². The van der Waals surface area contributed by atoms with Crippen LogP contribution in [-0.4, -0.2) is 52.9 Å². The lowest BCUT2D eigenvalue weighted by molar-refractivity contribution is 0.256. The van der Waals surface area contributed by atoms with Crippen LogP contribution in [0.4, 0.5) is 5.95 Å². The number of H-pyrrole nitrogens is 1. The van der Waals surface area contributed by atoms with Crippen LogP contribution >= 0.6 is 12.2 Å². The summed E-state index contributed by atoms with van der Waals surface area (Å²) >= 11 is 5.31. The summed E-state index contributed by atoms with van der Waals surface area (Å²) in [6, 6.07) is 0.940.